The van der Waals surface area contributed by atoms with E-state index in [1.165, 1.54) is 14.2 Å². The molecule has 0 spiro atoms. The fourth-order valence-corrected chi connectivity index (χ4v) is 2.04. The quantitative estimate of drug-likeness (QED) is 0.703. The second-order valence-corrected chi connectivity index (χ2v) is 5.30. The van der Waals surface area contributed by atoms with Crippen molar-refractivity contribution in [2.45, 2.75) is 32.1 Å². The van der Waals surface area contributed by atoms with Gasteiger partial charge in [0.05, 0.1) is 13.2 Å². The smallest absolute Gasteiger partial charge is 0.249 e. The van der Waals surface area contributed by atoms with Crippen LogP contribution in [0, 0.1) is 0 Å². The molecule has 1 rings (SSSR count). The molecule has 0 aliphatic heterocycles. The van der Waals surface area contributed by atoms with Gasteiger partial charge in [-0.3, -0.25) is 9.59 Å². The summed E-state index contributed by atoms with van der Waals surface area (Å²) in [6, 6.07) is 6.86. The van der Waals surface area contributed by atoms with Crippen LogP contribution in [0.25, 0.3) is 0 Å². The van der Waals surface area contributed by atoms with E-state index < -0.39 is 18.2 Å². The van der Waals surface area contributed by atoms with E-state index in [9.17, 15) is 9.59 Å². The van der Waals surface area contributed by atoms with Crippen molar-refractivity contribution in [2.75, 3.05) is 27.9 Å². The largest absolute Gasteiger partial charge is 0.496 e. The predicted octanol–water partition coefficient (Wildman–Crippen LogP) is 1.04. The zero-order valence-electron chi connectivity index (χ0n) is 14.8. The molecule has 24 heavy (non-hydrogen) atoms. The SMILES string of the molecule is COc1ccccc1[C@H](CNC(=O)[C@H](C)OC)NC(=O)[C@@H](C)OC. The molecule has 0 heterocycles. The van der Waals surface area contributed by atoms with E-state index in [1.807, 2.05) is 18.2 Å². The molecule has 7 heteroatoms. The van der Waals surface area contributed by atoms with Gasteiger partial charge in [-0.2, -0.15) is 0 Å². The number of para-hydroxylation sites is 1. The van der Waals surface area contributed by atoms with Gasteiger partial charge in [0.1, 0.15) is 18.0 Å². The Bertz CT molecular complexity index is 550. The first-order valence-electron chi connectivity index (χ1n) is 7.71. The Hall–Kier alpha value is -2.12. The minimum Gasteiger partial charge on any atom is -0.496 e. The molecule has 1 aromatic rings. The van der Waals surface area contributed by atoms with E-state index in [2.05, 4.69) is 10.6 Å². The standard InChI is InChI=1S/C17H26N2O5/c1-11(22-3)16(20)18-10-14(19-17(21)12(2)23-4)13-8-6-7-9-15(13)24-5/h6-9,11-12,14H,10H2,1-5H3,(H,18,20)(H,19,21)/t11-,12+,14-/m0/s1. The highest BCUT2D eigenvalue weighted by atomic mass is 16.5. The molecule has 0 unspecified atom stereocenters. The number of rotatable bonds is 9. The fourth-order valence-electron chi connectivity index (χ4n) is 2.04. The van der Waals surface area contributed by atoms with Crippen molar-refractivity contribution in [1.82, 2.24) is 10.6 Å². The van der Waals surface area contributed by atoms with Crippen molar-refractivity contribution < 1.29 is 23.8 Å². The van der Waals surface area contributed by atoms with Gasteiger partial charge in [0.2, 0.25) is 11.8 Å². The number of ether oxygens (including phenoxy) is 3. The van der Waals surface area contributed by atoms with Crippen LogP contribution in [-0.2, 0) is 19.1 Å². The molecule has 0 aliphatic carbocycles. The Kier molecular flexibility index (Phi) is 8.21. The lowest BCUT2D eigenvalue weighted by atomic mass is 10.0. The second-order valence-electron chi connectivity index (χ2n) is 5.30. The van der Waals surface area contributed by atoms with E-state index in [-0.39, 0.29) is 18.4 Å². The molecule has 0 fully saturated rings. The van der Waals surface area contributed by atoms with Crippen molar-refractivity contribution in [3.63, 3.8) is 0 Å². The van der Waals surface area contributed by atoms with Crippen molar-refractivity contribution in [1.29, 1.82) is 0 Å². The molecular formula is C17H26N2O5. The van der Waals surface area contributed by atoms with Gasteiger partial charge in [0.25, 0.3) is 0 Å². The number of carbonyl (C=O) groups is 2. The number of hydrogen-bond donors (Lipinski definition) is 2. The van der Waals surface area contributed by atoms with Crippen LogP contribution < -0.4 is 15.4 Å². The Morgan fingerprint density at radius 1 is 1.00 bits per heavy atom. The highest BCUT2D eigenvalue weighted by molar-refractivity contribution is 5.82. The normalized spacial score (nSPS) is 14.4. The average molecular weight is 338 g/mol. The summed E-state index contributed by atoms with van der Waals surface area (Å²) in [5.41, 5.74) is 0.766. The summed E-state index contributed by atoms with van der Waals surface area (Å²) in [5.74, 6) is 0.0933. The summed E-state index contributed by atoms with van der Waals surface area (Å²) in [6.45, 7) is 3.51. The van der Waals surface area contributed by atoms with Crippen LogP contribution in [0.2, 0.25) is 0 Å². The van der Waals surface area contributed by atoms with Gasteiger partial charge in [-0.15, -0.1) is 0 Å². The maximum Gasteiger partial charge on any atom is 0.249 e. The molecular weight excluding hydrogens is 312 g/mol. The fraction of sp³-hybridized carbons (Fsp3) is 0.529. The topological polar surface area (TPSA) is 85.9 Å². The maximum atomic E-state index is 12.2. The third-order valence-corrected chi connectivity index (χ3v) is 3.76. The third-order valence-electron chi connectivity index (χ3n) is 3.76. The van der Waals surface area contributed by atoms with Gasteiger partial charge in [-0.1, -0.05) is 18.2 Å². The van der Waals surface area contributed by atoms with Crippen molar-refractivity contribution in [3.8, 4) is 5.75 Å². The van der Waals surface area contributed by atoms with Gasteiger partial charge in [-0.25, -0.2) is 0 Å². The predicted molar refractivity (Wildman–Crippen MR) is 89.8 cm³/mol. The van der Waals surface area contributed by atoms with Crippen LogP contribution in [0.15, 0.2) is 24.3 Å². The summed E-state index contributed by atoms with van der Waals surface area (Å²) in [6.07, 6.45) is -1.17. The maximum absolute atomic E-state index is 12.2. The third kappa shape index (κ3) is 5.50. The number of amides is 2. The summed E-state index contributed by atoms with van der Waals surface area (Å²) in [7, 11) is 4.48. The van der Waals surface area contributed by atoms with Crippen LogP contribution in [-0.4, -0.2) is 51.9 Å². The van der Waals surface area contributed by atoms with Gasteiger partial charge < -0.3 is 24.8 Å². The average Bonchev–Trinajstić information content (AvgIpc) is 2.62. The minimum absolute atomic E-state index is 0.203. The van der Waals surface area contributed by atoms with Gasteiger partial charge in [0.15, 0.2) is 0 Å². The molecule has 134 valence electrons. The van der Waals surface area contributed by atoms with Crippen LogP contribution in [0.1, 0.15) is 25.5 Å². The molecule has 1 aromatic carbocycles. The van der Waals surface area contributed by atoms with Crippen molar-refractivity contribution in [2.24, 2.45) is 0 Å². The zero-order valence-corrected chi connectivity index (χ0v) is 14.8. The van der Waals surface area contributed by atoms with Gasteiger partial charge >= 0.3 is 0 Å². The van der Waals surface area contributed by atoms with Crippen LogP contribution >= 0.6 is 0 Å². The first kappa shape index (κ1) is 19.9. The highest BCUT2D eigenvalue weighted by Gasteiger charge is 2.23. The Morgan fingerprint density at radius 2 is 1.58 bits per heavy atom. The molecule has 0 radical (unpaired) electrons. The summed E-state index contributed by atoms with van der Waals surface area (Å²) >= 11 is 0. The van der Waals surface area contributed by atoms with Gasteiger partial charge in [0, 0.05) is 26.3 Å². The molecule has 3 atom stereocenters. The first-order valence-corrected chi connectivity index (χ1v) is 7.71. The lowest BCUT2D eigenvalue weighted by Crippen LogP contribution is -2.44. The molecule has 0 aliphatic rings. The molecule has 2 amide bonds. The molecule has 0 saturated heterocycles. The van der Waals surface area contributed by atoms with E-state index in [0.717, 1.165) is 5.56 Å². The lowest BCUT2D eigenvalue weighted by Gasteiger charge is -2.23. The summed E-state index contributed by atoms with van der Waals surface area (Å²) in [5, 5.41) is 5.64. The Labute approximate surface area is 142 Å². The van der Waals surface area contributed by atoms with E-state index in [1.54, 1.807) is 27.0 Å². The minimum atomic E-state index is -0.601. The highest BCUT2D eigenvalue weighted by Crippen LogP contribution is 2.24. The number of carbonyl (C=O) groups excluding carboxylic acids is 2. The molecule has 0 saturated carbocycles. The zero-order chi connectivity index (χ0) is 18.1. The van der Waals surface area contributed by atoms with Crippen LogP contribution in [0.5, 0.6) is 5.75 Å². The van der Waals surface area contributed by atoms with E-state index >= 15 is 0 Å². The second kappa shape index (κ2) is 9.89. The lowest BCUT2D eigenvalue weighted by molar-refractivity contribution is -0.132. The number of hydrogen-bond acceptors (Lipinski definition) is 5. The Morgan fingerprint density at radius 3 is 2.17 bits per heavy atom. The van der Waals surface area contributed by atoms with E-state index in [4.69, 9.17) is 14.2 Å². The van der Waals surface area contributed by atoms with Gasteiger partial charge in [-0.05, 0) is 19.9 Å². The number of methoxy groups -OCH3 is 3. The molecule has 2 N–H and O–H groups in total. The summed E-state index contributed by atoms with van der Waals surface area (Å²) < 4.78 is 15.4. The monoisotopic (exact) mass is 338 g/mol. The Balaban J connectivity index is 2.94. The van der Waals surface area contributed by atoms with E-state index in [0.29, 0.717) is 5.75 Å². The summed E-state index contributed by atoms with van der Waals surface area (Å²) in [4.78, 5) is 24.1. The van der Waals surface area contributed by atoms with Crippen molar-refractivity contribution in [3.05, 3.63) is 29.8 Å². The first-order chi connectivity index (χ1) is 11.4. The molecule has 0 aromatic heterocycles. The van der Waals surface area contributed by atoms with Crippen LogP contribution in [0.3, 0.4) is 0 Å². The van der Waals surface area contributed by atoms with Crippen LogP contribution in [0.4, 0.5) is 0 Å². The molecule has 0 bridgehead atoms. The molecule has 7 nitrogen and oxygen atoms in total. The number of nitrogens with one attached hydrogen (secondary N) is 2. The van der Waals surface area contributed by atoms with Crippen molar-refractivity contribution >= 4 is 11.8 Å². The number of benzene rings is 1.